The molecular weight excluding hydrogens is 348 g/mol. The Morgan fingerprint density at radius 3 is 2.52 bits per heavy atom. The van der Waals surface area contributed by atoms with Crippen molar-refractivity contribution in [3.63, 3.8) is 0 Å². The highest BCUT2D eigenvalue weighted by atomic mass is 16.5. The SMILES string of the molecule is COC1Cn2cc(C=O)c(=O)c(OCc3ccccc3)c2C(=O)N1C(C)C. The fourth-order valence-electron chi connectivity index (χ4n) is 3.24. The lowest BCUT2D eigenvalue weighted by molar-refractivity contribution is -0.0514. The van der Waals surface area contributed by atoms with Crippen LogP contribution in [0, 0.1) is 0 Å². The van der Waals surface area contributed by atoms with Gasteiger partial charge in [0, 0.05) is 19.3 Å². The first-order valence-corrected chi connectivity index (χ1v) is 8.72. The van der Waals surface area contributed by atoms with Crippen LogP contribution in [-0.2, 0) is 17.9 Å². The van der Waals surface area contributed by atoms with Crippen molar-refractivity contribution >= 4 is 12.2 Å². The Bertz CT molecular complexity index is 905. The van der Waals surface area contributed by atoms with Gasteiger partial charge >= 0.3 is 0 Å². The van der Waals surface area contributed by atoms with Crippen molar-refractivity contribution in [2.45, 2.75) is 39.3 Å². The van der Waals surface area contributed by atoms with E-state index in [1.54, 1.807) is 9.47 Å². The third-order valence-corrected chi connectivity index (χ3v) is 4.55. The number of fused-ring (bicyclic) bond motifs is 1. The lowest BCUT2D eigenvalue weighted by Crippen LogP contribution is -2.53. The van der Waals surface area contributed by atoms with Gasteiger partial charge in [0.15, 0.2) is 24.0 Å². The number of aldehydes is 1. The highest BCUT2D eigenvalue weighted by Gasteiger charge is 2.37. The number of aromatic nitrogens is 1. The Balaban J connectivity index is 2.09. The predicted molar refractivity (Wildman–Crippen MR) is 99.0 cm³/mol. The molecule has 0 fully saturated rings. The van der Waals surface area contributed by atoms with Crippen molar-refractivity contribution in [2.24, 2.45) is 0 Å². The summed E-state index contributed by atoms with van der Waals surface area (Å²) in [6.07, 6.45) is 1.38. The summed E-state index contributed by atoms with van der Waals surface area (Å²) in [5.74, 6) is -0.464. The number of hydrogen-bond acceptors (Lipinski definition) is 5. The third-order valence-electron chi connectivity index (χ3n) is 4.55. The molecule has 7 heteroatoms. The molecule has 0 bridgehead atoms. The van der Waals surface area contributed by atoms with Crippen LogP contribution in [0.2, 0.25) is 0 Å². The van der Waals surface area contributed by atoms with Crippen molar-refractivity contribution in [1.82, 2.24) is 9.47 Å². The lowest BCUT2D eigenvalue weighted by Gasteiger charge is -2.39. The van der Waals surface area contributed by atoms with E-state index in [1.807, 2.05) is 44.2 Å². The number of pyridine rings is 1. The van der Waals surface area contributed by atoms with Crippen molar-refractivity contribution in [1.29, 1.82) is 0 Å². The smallest absolute Gasteiger partial charge is 0.276 e. The van der Waals surface area contributed by atoms with Crippen LogP contribution in [-0.4, -0.2) is 41.0 Å². The number of carbonyl (C=O) groups is 2. The second-order valence-corrected chi connectivity index (χ2v) is 6.63. The second kappa shape index (κ2) is 7.75. The van der Waals surface area contributed by atoms with Gasteiger partial charge in [-0.05, 0) is 19.4 Å². The molecule has 7 nitrogen and oxygen atoms in total. The number of methoxy groups -OCH3 is 1. The molecule has 0 aliphatic carbocycles. The van der Waals surface area contributed by atoms with Crippen molar-refractivity contribution < 1.29 is 19.1 Å². The number of hydrogen-bond donors (Lipinski definition) is 0. The van der Waals surface area contributed by atoms with Gasteiger partial charge in [0.1, 0.15) is 6.61 Å². The summed E-state index contributed by atoms with van der Waals surface area (Å²) in [5.41, 5.74) is 0.358. The van der Waals surface area contributed by atoms with E-state index in [2.05, 4.69) is 0 Å². The van der Waals surface area contributed by atoms with Gasteiger partial charge in [-0.15, -0.1) is 0 Å². The maximum atomic E-state index is 13.1. The first-order chi connectivity index (χ1) is 13.0. The quantitative estimate of drug-likeness (QED) is 0.728. The van der Waals surface area contributed by atoms with Crippen LogP contribution in [0.1, 0.15) is 40.3 Å². The molecule has 27 heavy (non-hydrogen) atoms. The molecule has 0 N–H and O–H groups in total. The summed E-state index contributed by atoms with van der Waals surface area (Å²) in [6.45, 7) is 4.18. The van der Waals surface area contributed by atoms with Crippen LogP contribution >= 0.6 is 0 Å². The standard InChI is InChI=1S/C20H22N2O5/c1-13(2)22-16(26-3)10-21-9-15(11-23)18(24)19(17(21)20(22)25)27-12-14-7-5-4-6-8-14/h4-9,11,13,16H,10,12H2,1-3H3. The minimum Gasteiger partial charge on any atom is -0.483 e. The number of benzene rings is 1. The summed E-state index contributed by atoms with van der Waals surface area (Å²) >= 11 is 0. The Morgan fingerprint density at radius 1 is 1.22 bits per heavy atom. The average Bonchev–Trinajstić information content (AvgIpc) is 2.67. The van der Waals surface area contributed by atoms with Crippen LogP contribution in [0.5, 0.6) is 5.75 Å². The predicted octanol–water partition coefficient (Wildman–Crippen LogP) is 2.08. The Hall–Kier alpha value is -2.93. The van der Waals surface area contributed by atoms with Gasteiger partial charge in [-0.2, -0.15) is 0 Å². The van der Waals surface area contributed by atoms with Crippen LogP contribution in [0.3, 0.4) is 0 Å². The van der Waals surface area contributed by atoms with Crippen molar-refractivity contribution in [3.8, 4) is 5.75 Å². The molecule has 142 valence electrons. The van der Waals surface area contributed by atoms with Crippen molar-refractivity contribution in [3.05, 3.63) is 63.6 Å². The zero-order chi connectivity index (χ0) is 19.6. The van der Waals surface area contributed by atoms with E-state index in [0.29, 0.717) is 12.8 Å². The van der Waals surface area contributed by atoms with Gasteiger partial charge in [0.25, 0.3) is 5.91 Å². The minimum absolute atomic E-state index is 0.0533. The topological polar surface area (TPSA) is 77.8 Å². The Kier molecular flexibility index (Phi) is 5.41. The lowest BCUT2D eigenvalue weighted by atomic mass is 10.1. The third kappa shape index (κ3) is 3.50. The molecule has 3 rings (SSSR count). The van der Waals surface area contributed by atoms with E-state index in [-0.39, 0.29) is 35.6 Å². The maximum absolute atomic E-state index is 13.1. The largest absolute Gasteiger partial charge is 0.483 e. The van der Waals surface area contributed by atoms with Crippen LogP contribution in [0.4, 0.5) is 0 Å². The molecule has 1 unspecified atom stereocenters. The molecule has 0 spiro atoms. The highest BCUT2D eigenvalue weighted by Crippen LogP contribution is 2.26. The van der Waals surface area contributed by atoms with Crippen LogP contribution in [0.25, 0.3) is 0 Å². The first kappa shape index (κ1) is 18.8. The molecule has 0 saturated carbocycles. The fraction of sp³-hybridized carbons (Fsp3) is 0.350. The van der Waals surface area contributed by atoms with E-state index in [0.717, 1.165) is 5.56 Å². The zero-order valence-electron chi connectivity index (χ0n) is 15.5. The molecule has 1 atom stereocenters. The second-order valence-electron chi connectivity index (χ2n) is 6.63. The van der Waals surface area contributed by atoms with E-state index >= 15 is 0 Å². The maximum Gasteiger partial charge on any atom is 0.276 e. The van der Waals surface area contributed by atoms with Gasteiger partial charge in [-0.3, -0.25) is 14.4 Å². The molecule has 1 aromatic carbocycles. The summed E-state index contributed by atoms with van der Waals surface area (Å²) in [7, 11) is 1.52. The molecule has 2 heterocycles. The monoisotopic (exact) mass is 370 g/mol. The van der Waals surface area contributed by atoms with E-state index < -0.39 is 11.7 Å². The van der Waals surface area contributed by atoms with E-state index in [4.69, 9.17) is 9.47 Å². The highest BCUT2D eigenvalue weighted by molar-refractivity contribution is 5.97. The van der Waals surface area contributed by atoms with Crippen molar-refractivity contribution in [2.75, 3.05) is 7.11 Å². The number of carbonyl (C=O) groups excluding carboxylic acids is 2. The summed E-state index contributed by atoms with van der Waals surface area (Å²) < 4.78 is 12.8. The normalized spacial score (nSPS) is 16.4. The molecule has 1 aromatic heterocycles. The van der Waals surface area contributed by atoms with Gasteiger partial charge in [0.2, 0.25) is 5.43 Å². The van der Waals surface area contributed by atoms with E-state index in [9.17, 15) is 14.4 Å². The molecule has 1 aliphatic heterocycles. The van der Waals surface area contributed by atoms with Gasteiger partial charge < -0.3 is 18.9 Å². The molecular formula is C20H22N2O5. The fourth-order valence-corrected chi connectivity index (χ4v) is 3.24. The number of ether oxygens (including phenoxy) is 2. The summed E-state index contributed by atoms with van der Waals surface area (Å²) in [4.78, 5) is 38.7. The zero-order valence-corrected chi connectivity index (χ0v) is 15.5. The van der Waals surface area contributed by atoms with Crippen LogP contribution in [0.15, 0.2) is 41.3 Å². The van der Waals surface area contributed by atoms with Gasteiger partial charge in [-0.25, -0.2) is 0 Å². The minimum atomic E-state index is -0.583. The molecule has 0 radical (unpaired) electrons. The number of nitrogens with zero attached hydrogens (tertiary/aromatic N) is 2. The van der Waals surface area contributed by atoms with E-state index in [1.165, 1.54) is 13.3 Å². The van der Waals surface area contributed by atoms with Crippen LogP contribution < -0.4 is 10.2 Å². The number of amides is 1. The molecule has 1 aliphatic rings. The summed E-state index contributed by atoms with van der Waals surface area (Å²) in [5, 5.41) is 0. The summed E-state index contributed by atoms with van der Waals surface area (Å²) in [6, 6.07) is 9.18. The Labute approximate surface area is 157 Å². The molecule has 2 aromatic rings. The molecule has 0 saturated heterocycles. The van der Waals surface area contributed by atoms with Gasteiger partial charge in [-0.1, -0.05) is 30.3 Å². The Morgan fingerprint density at radius 2 is 1.93 bits per heavy atom. The number of rotatable bonds is 6. The average molecular weight is 370 g/mol. The van der Waals surface area contributed by atoms with Gasteiger partial charge in [0.05, 0.1) is 12.1 Å². The first-order valence-electron chi connectivity index (χ1n) is 8.72. The molecule has 1 amide bonds.